The molecule has 1 rings (SSSR count). The SMILES string of the molecule is CCCOC(OCCC)N1CCNC1=O. The van der Waals surface area contributed by atoms with E-state index in [1.54, 1.807) is 4.90 Å². The number of hydrogen-bond donors (Lipinski definition) is 1. The maximum atomic E-state index is 11.4. The molecule has 0 saturated carbocycles. The Labute approximate surface area is 90.7 Å². The number of amides is 2. The summed E-state index contributed by atoms with van der Waals surface area (Å²) in [7, 11) is 0. The van der Waals surface area contributed by atoms with E-state index in [0.29, 0.717) is 26.3 Å². The Balaban J connectivity index is 2.42. The Bertz CT molecular complexity index is 191. The van der Waals surface area contributed by atoms with Crippen molar-refractivity contribution in [2.75, 3.05) is 26.3 Å². The maximum absolute atomic E-state index is 11.4. The molecule has 0 bridgehead atoms. The van der Waals surface area contributed by atoms with Crippen molar-refractivity contribution in [3.05, 3.63) is 0 Å². The van der Waals surface area contributed by atoms with Crippen LogP contribution >= 0.6 is 0 Å². The van der Waals surface area contributed by atoms with Crippen LogP contribution in [0.25, 0.3) is 0 Å². The summed E-state index contributed by atoms with van der Waals surface area (Å²) in [6.45, 7) is 6.59. The highest BCUT2D eigenvalue weighted by Crippen LogP contribution is 2.08. The molecule has 5 heteroatoms. The van der Waals surface area contributed by atoms with Gasteiger partial charge in [0.1, 0.15) is 0 Å². The smallest absolute Gasteiger partial charge is 0.321 e. The van der Waals surface area contributed by atoms with E-state index in [1.807, 2.05) is 13.8 Å². The van der Waals surface area contributed by atoms with E-state index in [9.17, 15) is 4.79 Å². The Morgan fingerprint density at radius 1 is 1.33 bits per heavy atom. The minimum atomic E-state index is -0.521. The van der Waals surface area contributed by atoms with Crippen molar-refractivity contribution in [1.82, 2.24) is 10.2 Å². The predicted molar refractivity (Wildman–Crippen MR) is 56.4 cm³/mol. The molecule has 1 N–H and O–H groups in total. The molecular formula is C10H20N2O3. The molecule has 0 spiro atoms. The second kappa shape index (κ2) is 6.63. The second-order valence-corrected chi connectivity index (χ2v) is 3.47. The first kappa shape index (κ1) is 12.3. The number of carbonyl (C=O) groups excluding carboxylic acids is 1. The van der Waals surface area contributed by atoms with Gasteiger partial charge in [0.05, 0.1) is 13.2 Å². The van der Waals surface area contributed by atoms with Gasteiger partial charge in [-0.1, -0.05) is 13.8 Å². The van der Waals surface area contributed by atoms with Crippen molar-refractivity contribution in [1.29, 1.82) is 0 Å². The van der Waals surface area contributed by atoms with Crippen molar-refractivity contribution in [3.8, 4) is 0 Å². The quantitative estimate of drug-likeness (QED) is 0.649. The average Bonchev–Trinajstić information content (AvgIpc) is 2.65. The van der Waals surface area contributed by atoms with Crippen LogP contribution in [0.1, 0.15) is 26.7 Å². The number of hydrogen-bond acceptors (Lipinski definition) is 3. The highest BCUT2D eigenvalue weighted by molar-refractivity contribution is 5.76. The minimum Gasteiger partial charge on any atom is -0.336 e. The first-order valence-corrected chi connectivity index (χ1v) is 5.57. The van der Waals surface area contributed by atoms with E-state index >= 15 is 0 Å². The van der Waals surface area contributed by atoms with Gasteiger partial charge in [-0.15, -0.1) is 0 Å². The molecule has 0 aromatic rings. The predicted octanol–water partition coefficient (Wildman–Crippen LogP) is 1.15. The van der Waals surface area contributed by atoms with Crippen LogP contribution in [0, 0.1) is 0 Å². The molecule has 1 fully saturated rings. The summed E-state index contributed by atoms with van der Waals surface area (Å²) in [5.41, 5.74) is 0. The van der Waals surface area contributed by atoms with Crippen LogP contribution in [-0.4, -0.2) is 43.6 Å². The van der Waals surface area contributed by atoms with Gasteiger partial charge >= 0.3 is 6.03 Å². The van der Waals surface area contributed by atoms with Gasteiger partial charge in [0.25, 0.3) is 0 Å². The number of rotatable bonds is 7. The van der Waals surface area contributed by atoms with Gasteiger partial charge in [-0.25, -0.2) is 4.79 Å². The molecule has 1 saturated heterocycles. The summed E-state index contributed by atoms with van der Waals surface area (Å²) in [5.74, 6) is 0. The Hall–Kier alpha value is -0.810. The van der Waals surface area contributed by atoms with Crippen molar-refractivity contribution in [3.63, 3.8) is 0 Å². The molecule has 1 heterocycles. The van der Waals surface area contributed by atoms with Gasteiger partial charge in [-0.3, -0.25) is 4.90 Å². The van der Waals surface area contributed by atoms with E-state index in [4.69, 9.17) is 9.47 Å². The zero-order valence-electron chi connectivity index (χ0n) is 9.49. The van der Waals surface area contributed by atoms with Crippen molar-refractivity contribution < 1.29 is 14.3 Å². The van der Waals surface area contributed by atoms with Crippen molar-refractivity contribution in [2.45, 2.75) is 33.1 Å². The number of ether oxygens (including phenoxy) is 2. The fourth-order valence-corrected chi connectivity index (χ4v) is 1.35. The van der Waals surface area contributed by atoms with Gasteiger partial charge in [0.15, 0.2) is 0 Å². The Morgan fingerprint density at radius 3 is 2.33 bits per heavy atom. The summed E-state index contributed by atoms with van der Waals surface area (Å²) in [6, 6.07) is -0.104. The molecule has 15 heavy (non-hydrogen) atoms. The fraction of sp³-hybridized carbons (Fsp3) is 0.900. The van der Waals surface area contributed by atoms with E-state index in [1.165, 1.54) is 0 Å². The van der Waals surface area contributed by atoms with Gasteiger partial charge < -0.3 is 14.8 Å². The van der Waals surface area contributed by atoms with Crippen molar-refractivity contribution >= 4 is 6.03 Å². The zero-order chi connectivity index (χ0) is 11.1. The molecule has 2 amide bonds. The lowest BCUT2D eigenvalue weighted by Crippen LogP contribution is -2.42. The third kappa shape index (κ3) is 3.68. The molecule has 1 aliphatic heterocycles. The number of carbonyl (C=O) groups is 1. The standard InChI is InChI=1S/C10H20N2O3/c1-3-7-14-10(15-8-4-2)12-6-5-11-9(12)13/h10H,3-8H2,1-2H3,(H,11,13). The van der Waals surface area contributed by atoms with Gasteiger partial charge in [-0.05, 0) is 12.8 Å². The number of nitrogens with zero attached hydrogens (tertiary/aromatic N) is 1. The molecule has 0 aliphatic carbocycles. The van der Waals surface area contributed by atoms with Gasteiger partial charge in [-0.2, -0.15) is 0 Å². The molecule has 0 unspecified atom stereocenters. The van der Waals surface area contributed by atoms with Gasteiger partial charge in [0.2, 0.25) is 6.41 Å². The monoisotopic (exact) mass is 216 g/mol. The minimum absolute atomic E-state index is 0.104. The number of nitrogens with one attached hydrogen (secondary N) is 1. The molecule has 0 radical (unpaired) electrons. The lowest BCUT2D eigenvalue weighted by molar-refractivity contribution is -0.204. The van der Waals surface area contributed by atoms with E-state index < -0.39 is 6.41 Å². The summed E-state index contributed by atoms with van der Waals surface area (Å²) in [4.78, 5) is 13.0. The van der Waals surface area contributed by atoms with Crippen LogP contribution in [-0.2, 0) is 9.47 Å². The average molecular weight is 216 g/mol. The van der Waals surface area contributed by atoms with Crippen LogP contribution in [0.15, 0.2) is 0 Å². The Kier molecular flexibility index (Phi) is 5.42. The largest absolute Gasteiger partial charge is 0.336 e. The summed E-state index contributed by atoms with van der Waals surface area (Å²) in [5, 5.41) is 2.73. The van der Waals surface area contributed by atoms with Crippen LogP contribution < -0.4 is 5.32 Å². The van der Waals surface area contributed by atoms with Crippen LogP contribution in [0.5, 0.6) is 0 Å². The summed E-state index contributed by atoms with van der Waals surface area (Å²) < 4.78 is 11.0. The maximum Gasteiger partial charge on any atom is 0.321 e. The Morgan fingerprint density at radius 2 is 1.93 bits per heavy atom. The fourth-order valence-electron chi connectivity index (χ4n) is 1.35. The first-order valence-electron chi connectivity index (χ1n) is 5.57. The molecule has 0 aromatic heterocycles. The van der Waals surface area contributed by atoms with E-state index in [0.717, 1.165) is 12.8 Å². The van der Waals surface area contributed by atoms with E-state index in [2.05, 4.69) is 5.32 Å². The zero-order valence-corrected chi connectivity index (χ0v) is 9.49. The highest BCUT2D eigenvalue weighted by Gasteiger charge is 2.28. The molecular weight excluding hydrogens is 196 g/mol. The lowest BCUT2D eigenvalue weighted by Gasteiger charge is -2.26. The molecule has 0 aromatic carbocycles. The topological polar surface area (TPSA) is 50.8 Å². The van der Waals surface area contributed by atoms with Crippen LogP contribution in [0.3, 0.4) is 0 Å². The van der Waals surface area contributed by atoms with Crippen LogP contribution in [0.4, 0.5) is 4.79 Å². The normalized spacial score (nSPS) is 16.2. The highest BCUT2D eigenvalue weighted by atomic mass is 16.7. The summed E-state index contributed by atoms with van der Waals surface area (Å²) >= 11 is 0. The van der Waals surface area contributed by atoms with E-state index in [-0.39, 0.29) is 6.03 Å². The third-order valence-electron chi connectivity index (χ3n) is 2.07. The number of urea groups is 1. The van der Waals surface area contributed by atoms with Gasteiger partial charge in [0, 0.05) is 13.1 Å². The third-order valence-corrected chi connectivity index (χ3v) is 2.07. The molecule has 1 aliphatic rings. The molecule has 0 atom stereocenters. The lowest BCUT2D eigenvalue weighted by atomic mass is 10.5. The van der Waals surface area contributed by atoms with Crippen LogP contribution in [0.2, 0.25) is 0 Å². The molecule has 88 valence electrons. The molecule has 5 nitrogen and oxygen atoms in total. The first-order chi connectivity index (χ1) is 7.29. The van der Waals surface area contributed by atoms with Crippen molar-refractivity contribution in [2.24, 2.45) is 0 Å². The second-order valence-electron chi connectivity index (χ2n) is 3.47. The summed E-state index contributed by atoms with van der Waals surface area (Å²) in [6.07, 6.45) is 1.32.